The highest BCUT2D eigenvalue weighted by molar-refractivity contribution is 4.55. The Morgan fingerprint density at radius 1 is 0.500 bits per heavy atom. The molecule has 0 aromatic heterocycles. The van der Waals surface area contributed by atoms with Crippen molar-refractivity contribution < 1.29 is 53.1 Å². The number of hydrogen-bond acceptors (Lipinski definition) is 2. The van der Waals surface area contributed by atoms with Crippen LogP contribution in [0.2, 0.25) is 0 Å². The van der Waals surface area contributed by atoms with Crippen molar-refractivity contribution in [3.05, 3.63) is 0 Å². The number of rotatable bonds is 21. The average Bonchev–Trinajstić information content (AvgIpc) is 2.65. The Kier molecular flexibility index (Phi) is 24.6. The smallest absolute Gasteiger partial charge is 0.365 e. The fourth-order valence-corrected chi connectivity index (χ4v) is 4.34. The summed E-state index contributed by atoms with van der Waals surface area (Å²) < 4.78 is 0.934. The third kappa shape index (κ3) is 19.1. The first-order valence-corrected chi connectivity index (χ1v) is 13.2. The zero-order valence-corrected chi connectivity index (χ0v) is 25.7. The molecule has 0 heterocycles. The highest BCUT2D eigenvalue weighted by Gasteiger charge is 2.47. The van der Waals surface area contributed by atoms with Gasteiger partial charge in [0.05, 0.1) is 41.3 Å². The van der Waals surface area contributed by atoms with Crippen molar-refractivity contribution in [3.63, 3.8) is 0 Å². The minimum absolute atomic E-state index is 0. The van der Waals surface area contributed by atoms with Crippen LogP contribution in [0.3, 0.4) is 0 Å². The molecule has 0 aliphatic rings. The highest BCUT2D eigenvalue weighted by Crippen LogP contribution is 2.21. The van der Waals surface area contributed by atoms with Gasteiger partial charge in [0.2, 0.25) is 0 Å². The number of hydrogen-bond donors (Lipinski definition) is 2. The fourth-order valence-electron chi connectivity index (χ4n) is 4.34. The van der Waals surface area contributed by atoms with E-state index in [0.717, 1.165) is 19.5 Å². The van der Waals surface area contributed by atoms with Crippen molar-refractivity contribution in [3.8, 4) is 0 Å². The van der Waals surface area contributed by atoms with E-state index >= 15 is 0 Å². The number of quaternary nitrogens is 2. The van der Waals surface area contributed by atoms with Gasteiger partial charge in [0.25, 0.3) is 0 Å². The molecular formula is C26H58Br2N2O2. The molecule has 0 rings (SSSR count). The summed E-state index contributed by atoms with van der Waals surface area (Å²) in [5, 5.41) is 21.8. The number of halogens is 2. The summed E-state index contributed by atoms with van der Waals surface area (Å²) in [6.07, 6.45) is 20.7. The maximum Gasteiger partial charge on any atom is 0.365 e. The Morgan fingerprint density at radius 3 is 1.19 bits per heavy atom. The van der Waals surface area contributed by atoms with E-state index in [1.165, 1.54) is 96.3 Å². The normalized spacial score (nSPS) is 12.4. The monoisotopic (exact) mass is 588 g/mol. The van der Waals surface area contributed by atoms with Crippen molar-refractivity contribution in [1.82, 2.24) is 0 Å². The van der Waals surface area contributed by atoms with Gasteiger partial charge in [0.15, 0.2) is 6.54 Å². The van der Waals surface area contributed by atoms with E-state index in [-0.39, 0.29) is 38.4 Å². The minimum Gasteiger partial charge on any atom is -1.00 e. The quantitative estimate of drug-likeness (QED) is 0.113. The maximum absolute atomic E-state index is 10.9. The molecule has 0 fully saturated rings. The van der Waals surface area contributed by atoms with Crippen LogP contribution in [0.25, 0.3) is 0 Å². The van der Waals surface area contributed by atoms with Crippen molar-refractivity contribution in [2.45, 2.75) is 122 Å². The molecule has 6 heteroatoms. The van der Waals surface area contributed by atoms with Gasteiger partial charge in [0, 0.05) is 0 Å². The van der Waals surface area contributed by atoms with Crippen LogP contribution in [0.1, 0.15) is 117 Å². The molecule has 0 aliphatic carbocycles. The largest absolute Gasteiger partial charge is 1.00 e. The molecule has 0 saturated heterocycles. The predicted molar refractivity (Wildman–Crippen MR) is 131 cm³/mol. The van der Waals surface area contributed by atoms with Crippen LogP contribution in [0.5, 0.6) is 0 Å². The zero-order chi connectivity index (χ0) is 22.9. The first-order chi connectivity index (χ1) is 14.1. The molecule has 32 heavy (non-hydrogen) atoms. The van der Waals surface area contributed by atoms with Gasteiger partial charge in [0.1, 0.15) is 0 Å². The summed E-state index contributed by atoms with van der Waals surface area (Å²) in [4.78, 5) is 0. The summed E-state index contributed by atoms with van der Waals surface area (Å²) in [5.74, 6) is -1.68. The predicted octanol–water partition coefficient (Wildman–Crippen LogP) is 0.0670. The van der Waals surface area contributed by atoms with Crippen molar-refractivity contribution >= 4 is 0 Å². The van der Waals surface area contributed by atoms with Gasteiger partial charge in [-0.05, 0) is 25.7 Å². The summed E-state index contributed by atoms with van der Waals surface area (Å²) in [6, 6.07) is 0. The van der Waals surface area contributed by atoms with E-state index in [9.17, 15) is 10.2 Å². The second-order valence-corrected chi connectivity index (χ2v) is 11.0. The summed E-state index contributed by atoms with van der Waals surface area (Å²) in [5.41, 5.74) is 0. The molecule has 0 aromatic rings. The molecule has 0 saturated carbocycles. The molecule has 198 valence electrons. The van der Waals surface area contributed by atoms with Crippen LogP contribution in [0.15, 0.2) is 0 Å². The number of aliphatic hydroxyl groups is 2. The van der Waals surface area contributed by atoms with Crippen LogP contribution >= 0.6 is 0 Å². The number of likely N-dealkylation sites (N-methyl/N-ethyl adjacent to an activating group) is 2. The maximum atomic E-state index is 10.9. The second-order valence-electron chi connectivity index (χ2n) is 11.0. The van der Waals surface area contributed by atoms with Gasteiger partial charge in [-0.15, -0.1) is 0 Å². The van der Waals surface area contributed by atoms with E-state index in [2.05, 4.69) is 27.9 Å². The third-order valence-electron chi connectivity index (χ3n) is 6.80. The molecule has 0 aromatic carbocycles. The van der Waals surface area contributed by atoms with Crippen molar-refractivity contribution in [1.29, 1.82) is 0 Å². The molecule has 0 bridgehead atoms. The Hall–Kier alpha value is 0.800. The first-order valence-electron chi connectivity index (χ1n) is 13.2. The third-order valence-corrected chi connectivity index (χ3v) is 6.80. The van der Waals surface area contributed by atoms with Crippen LogP contribution in [-0.4, -0.2) is 72.9 Å². The molecule has 0 aliphatic heterocycles. The standard InChI is InChI=1S/C26H58N2O2.2BrH/c1-7-9-11-13-15-17-19-21-23-27(3,4)25-26(29,30)28(5,6)24-22-20-18-16-14-12-10-8-2;;/h29-30H,7-25H2,1-6H3;2*1H/q+2;;/p-2. The van der Waals surface area contributed by atoms with Crippen LogP contribution < -0.4 is 34.0 Å². The van der Waals surface area contributed by atoms with Crippen LogP contribution in [0, 0.1) is 0 Å². The number of nitrogens with zero attached hydrogens (tertiary/aromatic N) is 2. The van der Waals surface area contributed by atoms with Crippen LogP contribution in [-0.2, 0) is 0 Å². The fraction of sp³-hybridized carbons (Fsp3) is 1.00. The highest BCUT2D eigenvalue weighted by atomic mass is 79.9. The lowest BCUT2D eigenvalue weighted by molar-refractivity contribution is -1.03. The van der Waals surface area contributed by atoms with E-state index in [1.807, 2.05) is 14.1 Å². The SMILES string of the molecule is CCCCCCCCCC[N+](C)(C)CC(O)(O)[N+](C)(C)CCCCCCCCCC.[Br-].[Br-]. The van der Waals surface area contributed by atoms with Gasteiger partial charge >= 0.3 is 5.91 Å². The van der Waals surface area contributed by atoms with Crippen molar-refractivity contribution in [2.24, 2.45) is 0 Å². The molecule has 0 radical (unpaired) electrons. The van der Waals surface area contributed by atoms with Gasteiger partial charge < -0.3 is 48.7 Å². The molecule has 2 N–H and O–H groups in total. The molecule has 0 unspecified atom stereocenters. The average molecular weight is 591 g/mol. The zero-order valence-electron chi connectivity index (χ0n) is 22.5. The summed E-state index contributed by atoms with van der Waals surface area (Å²) >= 11 is 0. The van der Waals surface area contributed by atoms with Gasteiger partial charge in [-0.2, -0.15) is 0 Å². The van der Waals surface area contributed by atoms with E-state index in [0.29, 0.717) is 11.0 Å². The Labute approximate surface area is 222 Å². The molecular weight excluding hydrogens is 532 g/mol. The lowest BCUT2D eigenvalue weighted by Crippen LogP contribution is -3.00. The van der Waals surface area contributed by atoms with E-state index < -0.39 is 5.91 Å². The molecule has 0 atom stereocenters. The lowest BCUT2D eigenvalue weighted by Gasteiger charge is -2.44. The van der Waals surface area contributed by atoms with Crippen LogP contribution in [0.4, 0.5) is 0 Å². The van der Waals surface area contributed by atoms with Gasteiger partial charge in [-0.25, -0.2) is 0 Å². The minimum atomic E-state index is -1.68. The topological polar surface area (TPSA) is 40.5 Å². The first kappa shape index (κ1) is 37.4. The summed E-state index contributed by atoms with van der Waals surface area (Å²) in [7, 11) is 8.21. The summed E-state index contributed by atoms with van der Waals surface area (Å²) in [6.45, 7) is 6.73. The number of unbranched alkanes of at least 4 members (excludes halogenated alkanes) is 14. The Morgan fingerprint density at radius 2 is 0.812 bits per heavy atom. The molecule has 0 amide bonds. The Balaban J connectivity index is -0.00000420. The molecule has 0 spiro atoms. The van der Waals surface area contributed by atoms with E-state index in [4.69, 9.17) is 0 Å². The van der Waals surface area contributed by atoms with Gasteiger partial charge in [-0.3, -0.25) is 4.48 Å². The second kappa shape index (κ2) is 21.1. The van der Waals surface area contributed by atoms with E-state index in [1.54, 1.807) is 0 Å². The van der Waals surface area contributed by atoms with Crippen molar-refractivity contribution in [2.75, 3.05) is 47.8 Å². The Bertz CT molecular complexity index is 405. The van der Waals surface area contributed by atoms with Gasteiger partial charge in [-0.1, -0.05) is 90.9 Å². The lowest BCUT2D eigenvalue weighted by atomic mass is 10.1. The molecule has 4 nitrogen and oxygen atoms in total.